The first-order valence-electron chi connectivity index (χ1n) is 14.6. The third-order valence-corrected chi connectivity index (χ3v) is 6.85. The van der Waals surface area contributed by atoms with Crippen LogP contribution in [0.3, 0.4) is 0 Å². The van der Waals surface area contributed by atoms with Crippen LogP contribution in [0.5, 0.6) is 0 Å². The Morgan fingerprint density at radius 3 is 1.40 bits per heavy atom. The summed E-state index contributed by atoms with van der Waals surface area (Å²) in [6.07, 6.45) is -19.3. The number of sulfonamides is 1. The molecule has 2 rings (SSSR count). The van der Waals surface area contributed by atoms with Crippen molar-refractivity contribution >= 4 is 27.5 Å². The molecule has 0 atom stereocenters. The van der Waals surface area contributed by atoms with Crippen molar-refractivity contribution in [2.24, 2.45) is 0 Å². The van der Waals surface area contributed by atoms with Crippen LogP contribution < -0.4 is 19.8 Å². The van der Waals surface area contributed by atoms with Crippen LogP contribution in [0, 0.1) is 22.7 Å². The molecule has 2 aromatic carbocycles. The van der Waals surface area contributed by atoms with Gasteiger partial charge < -0.3 is 19.9 Å². The number of nitriles is 2. The van der Waals surface area contributed by atoms with Crippen molar-refractivity contribution in [1.29, 1.82) is 10.5 Å². The lowest BCUT2D eigenvalue weighted by Gasteiger charge is -2.27. The Morgan fingerprint density at radius 2 is 1.09 bits per heavy atom. The van der Waals surface area contributed by atoms with E-state index < -0.39 is 107 Å². The number of rotatable bonds is 11. The number of anilines is 2. The minimum atomic E-state index is -4.92. The van der Waals surface area contributed by atoms with Crippen LogP contribution in [0.25, 0.3) is 0 Å². The number of nitrogens with zero attached hydrogens (tertiary/aromatic N) is 4. The molecule has 53 heavy (non-hydrogen) atoms. The number of hydrogen-bond acceptors (Lipinski definition) is 8. The molecule has 0 saturated carbocycles. The first kappa shape index (κ1) is 46.4. The summed E-state index contributed by atoms with van der Waals surface area (Å²) in [4.78, 5) is 12.8. The first-order valence-corrected chi connectivity index (χ1v) is 16.5. The van der Waals surface area contributed by atoms with Gasteiger partial charge in [-0.25, -0.2) is 17.9 Å². The van der Waals surface area contributed by atoms with Gasteiger partial charge in [-0.3, -0.25) is 0 Å². The second kappa shape index (κ2) is 17.9. The van der Waals surface area contributed by atoms with Gasteiger partial charge in [-0.2, -0.15) is 63.2 Å². The lowest BCUT2D eigenvalue weighted by Crippen LogP contribution is -2.41. The molecule has 2 N–H and O–H groups in total. The summed E-state index contributed by atoms with van der Waals surface area (Å²) in [6.45, 7) is -0.0119. The van der Waals surface area contributed by atoms with Crippen molar-refractivity contribution in [3.63, 3.8) is 0 Å². The van der Waals surface area contributed by atoms with Crippen molar-refractivity contribution < 1.29 is 70.6 Å². The van der Waals surface area contributed by atoms with Crippen molar-refractivity contribution in [1.82, 2.24) is 10.0 Å². The number of alkyl carbamates (subject to hydrolysis) is 1. The molecule has 23 heteroatoms. The number of carbonyl (C=O) groups excluding carboxylic acids is 1. The Hall–Kier alpha value is -4.64. The van der Waals surface area contributed by atoms with Gasteiger partial charge >= 0.3 is 30.8 Å². The van der Waals surface area contributed by atoms with Crippen molar-refractivity contribution in [3.8, 4) is 12.1 Å². The fourth-order valence-corrected chi connectivity index (χ4v) is 4.59. The average molecular weight is 801 g/mol. The zero-order valence-corrected chi connectivity index (χ0v) is 28.9. The fraction of sp³-hybridized carbons (Fsp3) is 0.500. The maximum absolute atomic E-state index is 13.1. The van der Waals surface area contributed by atoms with Gasteiger partial charge in [0, 0.05) is 37.6 Å². The Kier molecular flexibility index (Phi) is 15.7. The molecular weight excluding hydrogens is 768 g/mol. The van der Waals surface area contributed by atoms with E-state index >= 15 is 0 Å². The molecule has 10 nitrogen and oxygen atoms in total. The largest absolute Gasteiger partial charge is 0.444 e. The lowest BCUT2D eigenvalue weighted by molar-refractivity contribution is -0.138. The number of ether oxygens (including phenoxy) is 1. The van der Waals surface area contributed by atoms with E-state index in [1.807, 2.05) is 4.72 Å². The van der Waals surface area contributed by atoms with Crippen LogP contribution in [-0.4, -0.2) is 78.0 Å². The van der Waals surface area contributed by atoms with E-state index in [9.17, 15) is 65.9 Å². The third kappa shape index (κ3) is 18.1. The minimum Gasteiger partial charge on any atom is -0.444 e. The molecule has 0 bridgehead atoms. The molecule has 0 radical (unpaired) electrons. The average Bonchev–Trinajstić information content (AvgIpc) is 2.96. The first-order chi connectivity index (χ1) is 23.8. The highest BCUT2D eigenvalue weighted by molar-refractivity contribution is 7.88. The van der Waals surface area contributed by atoms with Gasteiger partial charge in [-0.15, -0.1) is 0 Å². The quantitative estimate of drug-likeness (QED) is 0.233. The van der Waals surface area contributed by atoms with Crippen LogP contribution in [0.2, 0.25) is 0 Å². The molecule has 296 valence electrons. The highest BCUT2D eigenvalue weighted by Crippen LogP contribution is 2.36. The molecular formula is C30H32F12N6O4S. The number of amides is 1. The monoisotopic (exact) mass is 800 g/mol. The minimum absolute atomic E-state index is 0.299. The van der Waals surface area contributed by atoms with Gasteiger partial charge in [-0.05, 0) is 57.2 Å². The van der Waals surface area contributed by atoms with E-state index in [4.69, 9.17) is 15.3 Å². The molecule has 0 unspecified atom stereocenters. The predicted octanol–water partition coefficient (Wildman–Crippen LogP) is 6.97. The third-order valence-electron chi connectivity index (χ3n) is 6.12. The van der Waals surface area contributed by atoms with Gasteiger partial charge in [0.1, 0.15) is 18.7 Å². The van der Waals surface area contributed by atoms with Gasteiger partial charge in [0.25, 0.3) is 0 Å². The standard InChI is InChI=1S/C17H19F6N3O2.C13H13F6N3O2S/c1-15(2,3)28-14(27)25-6-7-26(10-16(18,19)20)12-5-4-11(9-24)13(8-12)17(21,22)23;1-25(23,24)21-4-5-22(8-12(14,15)16)10-3-2-9(7-20)11(6-10)13(17,18)19/h4-5,8H,6-7,10H2,1-3H3,(H,25,27);2-3,6,21H,4-5,8H2,1H3. The maximum atomic E-state index is 13.1. The molecule has 1 amide bonds. The molecule has 0 aromatic heterocycles. The number of carbonyl (C=O) groups is 1. The number of halogens is 12. The van der Waals surface area contributed by atoms with Crippen molar-refractivity contribution in [2.75, 3.05) is 55.3 Å². The van der Waals surface area contributed by atoms with E-state index in [0.717, 1.165) is 30.5 Å². The van der Waals surface area contributed by atoms with Crippen LogP contribution in [-0.2, 0) is 27.1 Å². The van der Waals surface area contributed by atoms with Gasteiger partial charge in [0.05, 0.1) is 40.6 Å². The van der Waals surface area contributed by atoms with Crippen molar-refractivity contribution in [3.05, 3.63) is 58.7 Å². The maximum Gasteiger partial charge on any atom is 0.417 e. The number of nitrogens with one attached hydrogen (secondary N) is 2. The Morgan fingerprint density at radius 1 is 0.717 bits per heavy atom. The smallest absolute Gasteiger partial charge is 0.417 e. The highest BCUT2D eigenvalue weighted by Gasteiger charge is 2.37. The zero-order valence-electron chi connectivity index (χ0n) is 28.1. The molecule has 0 fully saturated rings. The Labute approximate surface area is 295 Å². The molecule has 0 heterocycles. The van der Waals surface area contributed by atoms with Gasteiger partial charge in [0.15, 0.2) is 0 Å². The summed E-state index contributed by atoms with van der Waals surface area (Å²) in [5.74, 6) is 0. The summed E-state index contributed by atoms with van der Waals surface area (Å²) in [5, 5.41) is 19.7. The normalized spacial score (nSPS) is 12.5. The second-order valence-electron chi connectivity index (χ2n) is 11.8. The number of alkyl halides is 12. The van der Waals surface area contributed by atoms with E-state index in [1.165, 1.54) is 12.1 Å². The van der Waals surface area contributed by atoms with E-state index in [-0.39, 0.29) is 12.2 Å². The van der Waals surface area contributed by atoms with Crippen LogP contribution in [0.4, 0.5) is 68.9 Å². The van der Waals surface area contributed by atoms with E-state index in [0.29, 0.717) is 21.9 Å². The Balaban J connectivity index is 0.000000533. The fourth-order valence-electron chi connectivity index (χ4n) is 4.13. The molecule has 0 aliphatic rings. The molecule has 0 aliphatic carbocycles. The summed E-state index contributed by atoms with van der Waals surface area (Å²) in [5.41, 5.74) is -5.75. The lowest BCUT2D eigenvalue weighted by atomic mass is 10.1. The van der Waals surface area contributed by atoms with E-state index in [2.05, 4.69) is 5.32 Å². The van der Waals surface area contributed by atoms with Gasteiger partial charge in [-0.1, -0.05) is 0 Å². The Bertz CT molecular complexity index is 1740. The topological polar surface area (TPSA) is 139 Å². The molecule has 0 spiro atoms. The zero-order chi connectivity index (χ0) is 41.2. The van der Waals surface area contributed by atoms with Crippen LogP contribution in [0.1, 0.15) is 43.0 Å². The van der Waals surface area contributed by atoms with Crippen LogP contribution >= 0.6 is 0 Å². The summed E-state index contributed by atoms with van der Waals surface area (Å²) in [6, 6.07) is 7.12. The van der Waals surface area contributed by atoms with Crippen molar-refractivity contribution in [2.45, 2.75) is 51.1 Å². The van der Waals surface area contributed by atoms with Crippen LogP contribution in [0.15, 0.2) is 36.4 Å². The van der Waals surface area contributed by atoms with Gasteiger partial charge in [0.2, 0.25) is 10.0 Å². The predicted molar refractivity (Wildman–Crippen MR) is 166 cm³/mol. The summed E-state index contributed by atoms with van der Waals surface area (Å²) < 4.78 is 183. The molecule has 0 saturated heterocycles. The summed E-state index contributed by atoms with van der Waals surface area (Å²) in [7, 11) is -3.67. The highest BCUT2D eigenvalue weighted by atomic mass is 32.2. The second-order valence-corrected chi connectivity index (χ2v) is 13.7. The number of hydrogen-bond donors (Lipinski definition) is 2. The number of benzene rings is 2. The molecule has 0 aliphatic heterocycles. The SMILES string of the molecule is CC(C)(C)OC(=O)NCCN(CC(F)(F)F)c1ccc(C#N)c(C(F)(F)F)c1.CS(=O)(=O)NCCN(CC(F)(F)F)c1ccc(C#N)c(C(F)(F)F)c1. The summed E-state index contributed by atoms with van der Waals surface area (Å²) >= 11 is 0. The molecule has 2 aromatic rings. The van der Waals surface area contributed by atoms with E-state index in [1.54, 1.807) is 20.8 Å².